The molecule has 0 bridgehead atoms. The number of hydrogen-bond donors (Lipinski definition) is 0. The highest BCUT2D eigenvalue weighted by Gasteiger charge is 2.53. The fraction of sp³-hybridized carbons (Fsp3) is 0.667. The Labute approximate surface area is 150 Å². The molecule has 3 aliphatic heterocycles. The van der Waals surface area contributed by atoms with Gasteiger partial charge in [-0.15, -0.1) is 0 Å². The van der Waals surface area contributed by atoms with Crippen molar-refractivity contribution in [2.24, 2.45) is 5.92 Å². The lowest BCUT2D eigenvalue weighted by Gasteiger charge is -2.57. The van der Waals surface area contributed by atoms with Crippen LogP contribution in [0.4, 0.5) is 14.5 Å². The number of ether oxygens (including phenoxy) is 2. The highest BCUT2D eigenvalue weighted by atomic mass is 19.3. The van der Waals surface area contributed by atoms with Crippen LogP contribution >= 0.6 is 0 Å². The quantitative estimate of drug-likeness (QED) is 0.798. The summed E-state index contributed by atoms with van der Waals surface area (Å²) in [7, 11) is 0. The number of aromatic nitrogens is 1. The van der Waals surface area contributed by atoms with Crippen LogP contribution in [-0.4, -0.2) is 66.7 Å². The van der Waals surface area contributed by atoms with Gasteiger partial charge in [0.2, 0.25) is 5.88 Å². The summed E-state index contributed by atoms with van der Waals surface area (Å²) in [6.45, 7) is 1.68. The van der Waals surface area contributed by atoms with Gasteiger partial charge in [0, 0.05) is 6.54 Å². The lowest BCUT2D eigenvalue weighted by atomic mass is 9.82. The van der Waals surface area contributed by atoms with Crippen molar-refractivity contribution in [1.29, 1.82) is 0 Å². The number of carbonyl (C=O) groups is 1. The van der Waals surface area contributed by atoms with E-state index in [2.05, 4.69) is 4.98 Å². The maximum atomic E-state index is 13.3. The number of rotatable bonds is 5. The van der Waals surface area contributed by atoms with Crippen LogP contribution in [-0.2, 0) is 4.74 Å². The standard InChI is InChI=1S/C18H21F2N3O3/c19-18(20)8-22(9-18)14-4-3-13(21-15(14)26-7-12-1-2-12)16(24)23-6-5-17(23)10-25-11-17/h3-4,12H,1-2,5-11H2. The molecule has 1 spiro atoms. The average Bonchev–Trinajstić information content (AvgIpc) is 3.32. The molecule has 3 saturated heterocycles. The van der Waals surface area contributed by atoms with Gasteiger partial charge < -0.3 is 19.3 Å². The predicted octanol–water partition coefficient (Wildman–Crippen LogP) is 1.94. The van der Waals surface area contributed by atoms with Gasteiger partial charge in [-0.3, -0.25) is 4.79 Å². The average molecular weight is 365 g/mol. The van der Waals surface area contributed by atoms with E-state index in [9.17, 15) is 13.6 Å². The lowest BCUT2D eigenvalue weighted by Crippen LogP contribution is -2.72. The molecule has 6 nitrogen and oxygen atoms in total. The number of amides is 1. The van der Waals surface area contributed by atoms with Crippen molar-refractivity contribution >= 4 is 11.6 Å². The van der Waals surface area contributed by atoms with Crippen LogP contribution in [0, 0.1) is 5.92 Å². The third-order valence-electron chi connectivity index (χ3n) is 5.76. The molecule has 140 valence electrons. The molecule has 4 heterocycles. The second kappa shape index (κ2) is 5.52. The van der Waals surface area contributed by atoms with Crippen molar-refractivity contribution in [2.75, 3.05) is 44.4 Å². The van der Waals surface area contributed by atoms with Crippen LogP contribution in [0.5, 0.6) is 5.88 Å². The molecule has 0 N–H and O–H groups in total. The van der Waals surface area contributed by atoms with Gasteiger partial charge in [-0.05, 0) is 37.3 Å². The van der Waals surface area contributed by atoms with Gasteiger partial charge in [0.15, 0.2) is 0 Å². The molecule has 0 unspecified atom stereocenters. The van der Waals surface area contributed by atoms with E-state index in [4.69, 9.17) is 9.47 Å². The highest BCUT2D eigenvalue weighted by Crippen LogP contribution is 2.40. The van der Waals surface area contributed by atoms with Crippen LogP contribution in [0.25, 0.3) is 0 Å². The van der Waals surface area contributed by atoms with Gasteiger partial charge in [-0.2, -0.15) is 0 Å². The summed E-state index contributed by atoms with van der Waals surface area (Å²) in [5, 5.41) is 0. The number of carbonyl (C=O) groups excluding carboxylic acids is 1. The smallest absolute Gasteiger partial charge is 0.282 e. The molecule has 1 saturated carbocycles. The van der Waals surface area contributed by atoms with Crippen molar-refractivity contribution in [3.8, 4) is 5.88 Å². The van der Waals surface area contributed by atoms with Crippen molar-refractivity contribution in [1.82, 2.24) is 9.88 Å². The number of alkyl halides is 2. The number of likely N-dealkylation sites (tertiary alicyclic amines) is 1. The summed E-state index contributed by atoms with van der Waals surface area (Å²) in [5.74, 6) is -2.02. The largest absolute Gasteiger partial charge is 0.476 e. The number of pyridine rings is 1. The molecule has 8 heteroatoms. The molecule has 0 atom stereocenters. The Balaban J connectivity index is 1.38. The zero-order valence-electron chi connectivity index (χ0n) is 14.4. The van der Waals surface area contributed by atoms with E-state index in [1.807, 2.05) is 0 Å². The van der Waals surface area contributed by atoms with Crippen LogP contribution < -0.4 is 9.64 Å². The third-order valence-corrected chi connectivity index (χ3v) is 5.76. The van der Waals surface area contributed by atoms with E-state index < -0.39 is 5.92 Å². The SMILES string of the molecule is O=C(c1ccc(N2CC(F)(F)C2)c(OCC2CC2)n1)N1CCC12COC2. The number of hydrogen-bond acceptors (Lipinski definition) is 5. The Hall–Kier alpha value is -1.96. The van der Waals surface area contributed by atoms with E-state index in [0.717, 1.165) is 19.3 Å². The Morgan fingerprint density at radius 1 is 1.31 bits per heavy atom. The van der Waals surface area contributed by atoms with Gasteiger partial charge in [-0.1, -0.05) is 0 Å². The fourth-order valence-corrected chi connectivity index (χ4v) is 3.70. The van der Waals surface area contributed by atoms with E-state index in [0.29, 0.717) is 43.7 Å². The molecule has 0 aromatic carbocycles. The highest BCUT2D eigenvalue weighted by molar-refractivity contribution is 5.94. The third kappa shape index (κ3) is 2.62. The number of anilines is 1. The summed E-state index contributed by atoms with van der Waals surface area (Å²) in [6, 6.07) is 3.30. The first-order valence-electron chi connectivity index (χ1n) is 9.12. The van der Waals surface area contributed by atoms with Crippen LogP contribution in [0.2, 0.25) is 0 Å². The van der Waals surface area contributed by atoms with Crippen LogP contribution in [0.3, 0.4) is 0 Å². The second-order valence-corrected chi connectivity index (χ2v) is 7.91. The molecule has 1 amide bonds. The maximum absolute atomic E-state index is 13.3. The maximum Gasteiger partial charge on any atom is 0.282 e. The van der Waals surface area contributed by atoms with Crippen molar-refractivity contribution in [3.05, 3.63) is 17.8 Å². The summed E-state index contributed by atoms with van der Waals surface area (Å²) in [6.07, 6.45) is 3.18. The topological polar surface area (TPSA) is 54.9 Å². The van der Waals surface area contributed by atoms with Gasteiger partial charge in [0.25, 0.3) is 11.8 Å². The monoisotopic (exact) mass is 365 g/mol. The van der Waals surface area contributed by atoms with Crippen LogP contribution in [0.15, 0.2) is 12.1 Å². The fourth-order valence-electron chi connectivity index (χ4n) is 3.70. The van der Waals surface area contributed by atoms with E-state index in [-0.39, 0.29) is 30.4 Å². The first kappa shape index (κ1) is 16.2. The molecule has 1 aromatic rings. The Morgan fingerprint density at radius 2 is 2.08 bits per heavy atom. The minimum Gasteiger partial charge on any atom is -0.476 e. The Bertz CT molecular complexity index is 736. The zero-order chi connectivity index (χ0) is 17.9. The molecule has 1 aromatic heterocycles. The van der Waals surface area contributed by atoms with E-state index >= 15 is 0 Å². The number of nitrogens with zero attached hydrogens (tertiary/aromatic N) is 3. The van der Waals surface area contributed by atoms with Gasteiger partial charge in [0.1, 0.15) is 11.4 Å². The molecule has 4 aliphatic rings. The minimum atomic E-state index is -2.67. The predicted molar refractivity (Wildman–Crippen MR) is 88.8 cm³/mol. The van der Waals surface area contributed by atoms with Gasteiger partial charge >= 0.3 is 0 Å². The molecule has 5 rings (SSSR count). The minimum absolute atomic E-state index is 0.142. The Morgan fingerprint density at radius 3 is 2.62 bits per heavy atom. The summed E-state index contributed by atoms with van der Waals surface area (Å²) in [5.41, 5.74) is 0.683. The summed E-state index contributed by atoms with van der Waals surface area (Å²) in [4.78, 5) is 20.6. The zero-order valence-corrected chi connectivity index (χ0v) is 14.4. The summed E-state index contributed by atoms with van der Waals surface area (Å²) < 4.78 is 37.6. The molecule has 4 fully saturated rings. The molecule has 1 aliphatic carbocycles. The molecule has 0 radical (unpaired) electrons. The van der Waals surface area contributed by atoms with Gasteiger partial charge in [-0.25, -0.2) is 13.8 Å². The summed E-state index contributed by atoms with van der Waals surface area (Å²) >= 11 is 0. The van der Waals surface area contributed by atoms with E-state index in [1.54, 1.807) is 21.9 Å². The normalized spacial score (nSPS) is 25.3. The number of halogens is 2. The van der Waals surface area contributed by atoms with Crippen molar-refractivity contribution in [3.63, 3.8) is 0 Å². The molecular formula is C18H21F2N3O3. The van der Waals surface area contributed by atoms with Gasteiger partial charge in [0.05, 0.1) is 38.4 Å². The van der Waals surface area contributed by atoms with Crippen molar-refractivity contribution < 1.29 is 23.0 Å². The molecule has 26 heavy (non-hydrogen) atoms. The van der Waals surface area contributed by atoms with Crippen LogP contribution in [0.1, 0.15) is 29.8 Å². The van der Waals surface area contributed by atoms with E-state index in [1.165, 1.54) is 0 Å². The Kier molecular flexibility index (Phi) is 3.44. The first-order valence-corrected chi connectivity index (χ1v) is 9.12. The molecular weight excluding hydrogens is 344 g/mol. The second-order valence-electron chi connectivity index (χ2n) is 7.91. The lowest BCUT2D eigenvalue weighted by molar-refractivity contribution is -0.172. The van der Waals surface area contributed by atoms with Crippen molar-refractivity contribution in [2.45, 2.75) is 30.7 Å². The first-order chi connectivity index (χ1) is 12.5.